The molecule has 7 heteroatoms. The summed E-state index contributed by atoms with van der Waals surface area (Å²) in [6.45, 7) is 8.81. The third kappa shape index (κ3) is 7.36. The average Bonchev–Trinajstić information content (AvgIpc) is 3.04. The average molecular weight is 619 g/mol. The van der Waals surface area contributed by atoms with E-state index in [1.165, 1.54) is 63.5 Å². The van der Waals surface area contributed by atoms with Crippen molar-refractivity contribution in [3.63, 3.8) is 0 Å². The molecule has 2 atom stereocenters. The Morgan fingerprint density at radius 1 is 0.795 bits per heavy atom. The summed E-state index contributed by atoms with van der Waals surface area (Å²) in [7, 11) is 0. The number of benzene rings is 2. The van der Waals surface area contributed by atoms with Gasteiger partial charge >= 0.3 is 0 Å². The van der Waals surface area contributed by atoms with Crippen molar-refractivity contribution in [2.75, 3.05) is 19.8 Å². The minimum Gasteiger partial charge on any atom is -0.326 e. The third-order valence-electron chi connectivity index (χ3n) is 10.9. The lowest BCUT2D eigenvalue weighted by Gasteiger charge is -2.57. The van der Waals surface area contributed by atoms with Crippen molar-refractivity contribution in [1.29, 1.82) is 0 Å². The first-order valence-electron chi connectivity index (χ1n) is 17.0. The van der Waals surface area contributed by atoms with E-state index in [9.17, 15) is 17.6 Å². The maximum Gasteiger partial charge on any atom is 0.285 e. The Morgan fingerprint density at radius 2 is 1.45 bits per heavy atom. The molecule has 0 radical (unpaired) electrons. The molecule has 244 valence electrons. The minimum atomic E-state index is -1.56. The molecule has 3 saturated heterocycles. The Morgan fingerprint density at radius 3 is 2.05 bits per heavy atom. The zero-order valence-corrected chi connectivity index (χ0v) is 26.7. The van der Waals surface area contributed by atoms with Gasteiger partial charge in [-0.05, 0) is 85.6 Å². The molecule has 3 heterocycles. The molecule has 3 nitrogen and oxygen atoms in total. The number of rotatable bonds is 14. The lowest BCUT2D eigenvalue weighted by atomic mass is 9.66. The summed E-state index contributed by atoms with van der Waals surface area (Å²) >= 11 is 0. The monoisotopic (exact) mass is 618 g/mol. The van der Waals surface area contributed by atoms with E-state index in [2.05, 4.69) is 20.8 Å². The second kappa shape index (κ2) is 14.6. The van der Waals surface area contributed by atoms with Crippen LogP contribution in [0.15, 0.2) is 30.3 Å². The zero-order valence-electron chi connectivity index (χ0n) is 26.7. The van der Waals surface area contributed by atoms with Gasteiger partial charge in [0.2, 0.25) is 0 Å². The predicted molar refractivity (Wildman–Crippen MR) is 165 cm³/mol. The predicted octanol–water partition coefficient (Wildman–Crippen LogP) is 10.4. The lowest BCUT2D eigenvalue weighted by molar-refractivity contribution is -0.492. The largest absolute Gasteiger partial charge is 0.326 e. The summed E-state index contributed by atoms with van der Waals surface area (Å²) in [5, 5.41) is 0. The van der Waals surface area contributed by atoms with Gasteiger partial charge in [-0.1, -0.05) is 77.8 Å². The van der Waals surface area contributed by atoms with Gasteiger partial charge in [-0.2, -0.15) is 0 Å². The smallest absolute Gasteiger partial charge is 0.285 e. The number of aryl methyl sites for hydroxylation is 1. The second-order valence-electron chi connectivity index (χ2n) is 13.9. The second-order valence-corrected chi connectivity index (χ2v) is 13.9. The molecular weight excluding hydrogens is 568 g/mol. The van der Waals surface area contributed by atoms with Crippen LogP contribution in [0.4, 0.5) is 17.6 Å². The van der Waals surface area contributed by atoms with Crippen molar-refractivity contribution in [3.05, 3.63) is 59.2 Å². The number of ether oxygens (including phenoxy) is 3. The Kier molecular flexibility index (Phi) is 11.1. The van der Waals surface area contributed by atoms with Gasteiger partial charge in [-0.3, -0.25) is 0 Å². The maximum atomic E-state index is 14.9. The molecule has 6 rings (SSSR count). The van der Waals surface area contributed by atoms with E-state index >= 15 is 0 Å². The van der Waals surface area contributed by atoms with Crippen LogP contribution in [0.1, 0.15) is 103 Å². The highest BCUT2D eigenvalue weighted by Gasteiger charge is 2.58. The van der Waals surface area contributed by atoms with E-state index in [4.69, 9.17) is 14.2 Å². The first kappa shape index (κ1) is 33.4. The van der Waals surface area contributed by atoms with Crippen LogP contribution in [0.3, 0.4) is 0 Å². The van der Waals surface area contributed by atoms with E-state index in [0.717, 1.165) is 69.1 Å². The summed E-state index contributed by atoms with van der Waals surface area (Å²) in [4.78, 5) is 0. The van der Waals surface area contributed by atoms with Crippen LogP contribution in [0, 0.1) is 52.4 Å². The van der Waals surface area contributed by atoms with Crippen LogP contribution in [0.5, 0.6) is 0 Å². The minimum absolute atomic E-state index is 0.00836. The van der Waals surface area contributed by atoms with Gasteiger partial charge in [0.05, 0.1) is 19.8 Å². The van der Waals surface area contributed by atoms with Crippen molar-refractivity contribution >= 4 is 0 Å². The van der Waals surface area contributed by atoms with E-state index in [0.29, 0.717) is 18.3 Å². The fourth-order valence-electron chi connectivity index (χ4n) is 7.77. The van der Waals surface area contributed by atoms with Crippen molar-refractivity contribution in [2.45, 2.75) is 110 Å². The first-order valence-corrected chi connectivity index (χ1v) is 17.0. The molecule has 1 saturated carbocycles. The third-order valence-corrected chi connectivity index (χ3v) is 10.9. The standard InChI is InChI=1S/C37H50F4O3/c1-4-6-7-8-26-12-16-30(17-13-26)36-22-42-37(43-23-36,44-24-36)29(5-2)15-10-25(3)9-11-27-14-18-31(32(38)19-27)28-20-33(39)35(41)34(40)21-28/h14,18-21,25-26,29-30H,4-13,15-17,22-24H2,1-3H3. The molecule has 0 spiro atoms. The molecule has 44 heavy (non-hydrogen) atoms. The SMILES string of the molecule is CCCCCC1CCC(C23COC(C(CC)CCC(C)CCc4ccc(-c5cc(F)c(F)c(F)c5)c(F)c4)(OC2)OC3)CC1. The number of fused-ring (bicyclic) bond motifs is 3. The maximum absolute atomic E-state index is 14.9. The van der Waals surface area contributed by atoms with E-state index in [1.54, 1.807) is 6.07 Å². The van der Waals surface area contributed by atoms with E-state index in [-0.39, 0.29) is 22.5 Å². The number of hydrogen-bond donors (Lipinski definition) is 0. The fraction of sp³-hybridized carbons (Fsp3) is 0.676. The highest BCUT2D eigenvalue weighted by atomic mass is 19.2. The van der Waals surface area contributed by atoms with Crippen molar-refractivity contribution < 1.29 is 31.8 Å². The quantitative estimate of drug-likeness (QED) is 0.120. The van der Waals surface area contributed by atoms with Gasteiger partial charge < -0.3 is 14.2 Å². The Labute approximate surface area is 261 Å². The Hall–Kier alpha value is -1.96. The number of unbranched alkanes of at least 4 members (excludes halogenated alkanes) is 2. The topological polar surface area (TPSA) is 27.7 Å². The lowest BCUT2D eigenvalue weighted by Crippen LogP contribution is -2.65. The summed E-state index contributed by atoms with van der Waals surface area (Å²) in [6, 6.07) is 6.31. The zero-order chi connectivity index (χ0) is 31.3. The van der Waals surface area contributed by atoms with Gasteiger partial charge in [0.25, 0.3) is 5.97 Å². The van der Waals surface area contributed by atoms with Crippen LogP contribution >= 0.6 is 0 Å². The van der Waals surface area contributed by atoms with Crippen LogP contribution in [-0.4, -0.2) is 25.8 Å². The molecule has 2 aromatic carbocycles. The van der Waals surface area contributed by atoms with Crippen LogP contribution in [0.2, 0.25) is 0 Å². The van der Waals surface area contributed by atoms with Crippen LogP contribution in [0.25, 0.3) is 11.1 Å². The van der Waals surface area contributed by atoms with Crippen LogP contribution in [-0.2, 0) is 20.6 Å². The summed E-state index contributed by atoms with van der Waals surface area (Å²) in [6.07, 6.45) is 14.9. The molecule has 2 aromatic rings. The van der Waals surface area contributed by atoms with Gasteiger partial charge in [-0.15, -0.1) is 0 Å². The van der Waals surface area contributed by atoms with Crippen molar-refractivity contribution in [3.8, 4) is 11.1 Å². The fourth-order valence-corrected chi connectivity index (χ4v) is 7.77. The Bertz CT molecular complexity index is 1190. The van der Waals surface area contributed by atoms with Crippen LogP contribution < -0.4 is 0 Å². The van der Waals surface area contributed by atoms with Crippen molar-refractivity contribution in [1.82, 2.24) is 0 Å². The molecule has 3 aliphatic heterocycles. The van der Waals surface area contributed by atoms with Gasteiger partial charge in [-0.25, -0.2) is 17.6 Å². The summed E-state index contributed by atoms with van der Waals surface area (Å²) < 4.78 is 74.9. The van der Waals surface area contributed by atoms with E-state index in [1.807, 2.05) is 0 Å². The van der Waals surface area contributed by atoms with Gasteiger partial charge in [0, 0.05) is 16.9 Å². The molecule has 0 N–H and O–H groups in total. The van der Waals surface area contributed by atoms with Crippen molar-refractivity contribution in [2.24, 2.45) is 29.1 Å². The number of halogens is 4. The molecule has 1 aliphatic carbocycles. The highest BCUT2D eigenvalue weighted by molar-refractivity contribution is 5.64. The molecule has 2 bridgehead atoms. The Balaban J connectivity index is 1.08. The molecule has 2 unspecified atom stereocenters. The highest BCUT2D eigenvalue weighted by Crippen LogP contribution is 2.52. The first-order chi connectivity index (χ1) is 21.2. The molecule has 4 aliphatic rings. The summed E-state index contributed by atoms with van der Waals surface area (Å²) in [5.41, 5.74) is 0.825. The molecule has 4 fully saturated rings. The van der Waals surface area contributed by atoms with Gasteiger partial charge in [0.15, 0.2) is 17.5 Å². The van der Waals surface area contributed by atoms with E-state index < -0.39 is 29.2 Å². The molecule has 0 aromatic heterocycles. The van der Waals surface area contributed by atoms with Gasteiger partial charge in [0.1, 0.15) is 5.82 Å². The molecular formula is C37H50F4O3. The molecule has 0 amide bonds. The summed E-state index contributed by atoms with van der Waals surface area (Å²) in [5.74, 6) is -3.71. The number of hydrogen-bond acceptors (Lipinski definition) is 3. The normalized spacial score (nSPS) is 28.2.